The van der Waals surface area contributed by atoms with Crippen LogP contribution in [0.25, 0.3) is 0 Å². The van der Waals surface area contributed by atoms with Crippen LogP contribution in [0.1, 0.15) is 16.8 Å². The predicted octanol–water partition coefficient (Wildman–Crippen LogP) is 1.87. The van der Waals surface area contributed by atoms with E-state index < -0.39 is 0 Å². The van der Waals surface area contributed by atoms with Crippen LogP contribution in [-0.4, -0.2) is 65.9 Å². The minimum atomic E-state index is -0.0307. The summed E-state index contributed by atoms with van der Waals surface area (Å²) in [5, 5.41) is 4.19. The van der Waals surface area contributed by atoms with Gasteiger partial charge in [0.05, 0.1) is 17.2 Å². The molecule has 0 aliphatic carbocycles. The summed E-state index contributed by atoms with van der Waals surface area (Å²) in [6.45, 7) is 2.78. The third-order valence-electron chi connectivity index (χ3n) is 4.59. The van der Waals surface area contributed by atoms with Gasteiger partial charge in [0.15, 0.2) is 0 Å². The first-order chi connectivity index (χ1) is 12.8. The van der Waals surface area contributed by atoms with Crippen LogP contribution >= 0.6 is 11.8 Å². The predicted molar refractivity (Wildman–Crippen MR) is 108 cm³/mol. The number of ether oxygens (including phenoxy) is 1. The highest BCUT2D eigenvalue weighted by Crippen LogP contribution is 2.18. The van der Waals surface area contributed by atoms with Crippen LogP contribution in [0, 0.1) is 0 Å². The average molecular weight is 390 g/mol. The van der Waals surface area contributed by atoms with E-state index in [1.54, 1.807) is 18.9 Å². The fourth-order valence-electron chi connectivity index (χ4n) is 3.14. The van der Waals surface area contributed by atoms with Gasteiger partial charge in [-0.05, 0) is 30.7 Å². The Kier molecular flexibility index (Phi) is 8.74. The molecule has 27 heavy (non-hydrogen) atoms. The molecule has 1 aromatic carbocycles. The van der Waals surface area contributed by atoms with Crippen LogP contribution in [0.4, 0.5) is 0 Å². The number of carbonyl (C=O) groups is 1. The molecule has 2 aromatic rings. The first kappa shape index (κ1) is 21.4. The second-order valence-corrected chi connectivity index (χ2v) is 7.44. The van der Waals surface area contributed by atoms with Gasteiger partial charge in [-0.3, -0.25) is 9.69 Å². The van der Waals surface area contributed by atoms with Crippen molar-refractivity contribution in [2.75, 3.05) is 32.5 Å². The summed E-state index contributed by atoms with van der Waals surface area (Å²) >= 11 is 1.77. The monoisotopic (exact) mass is 389 g/mol. The molecule has 1 aromatic heterocycles. The molecular formula is C20H27N3O3S. The summed E-state index contributed by atoms with van der Waals surface area (Å²) in [7, 11) is 1.72. The van der Waals surface area contributed by atoms with Gasteiger partial charge in [-0.25, -0.2) is 4.98 Å². The Bertz CT molecular complexity index is 687. The number of aromatic nitrogens is 1. The molecule has 3 N–H and O–H groups in total. The van der Waals surface area contributed by atoms with Crippen molar-refractivity contribution in [3.8, 4) is 0 Å². The summed E-state index contributed by atoms with van der Waals surface area (Å²) in [5.41, 5.74) is 0.691. The van der Waals surface area contributed by atoms with Crippen LogP contribution in [-0.2, 0) is 4.74 Å². The number of carbonyl (C=O) groups excluding carboxylic acids is 1. The third-order valence-corrected chi connectivity index (χ3v) is 5.52. The molecule has 0 spiro atoms. The van der Waals surface area contributed by atoms with E-state index >= 15 is 0 Å². The van der Waals surface area contributed by atoms with Crippen molar-refractivity contribution < 1.29 is 15.0 Å². The lowest BCUT2D eigenvalue weighted by atomic mass is 10.0. The first-order valence-corrected chi connectivity index (χ1v) is 9.89. The average Bonchev–Trinajstić information content (AvgIpc) is 2.70. The van der Waals surface area contributed by atoms with Crippen molar-refractivity contribution in [3.63, 3.8) is 0 Å². The highest BCUT2D eigenvalue weighted by molar-refractivity contribution is 7.99. The molecule has 1 aliphatic heterocycles. The number of piperidine rings is 1. The van der Waals surface area contributed by atoms with Crippen LogP contribution in [0.15, 0.2) is 59.8 Å². The number of nitrogens with zero attached hydrogens (tertiary/aromatic N) is 2. The maximum atomic E-state index is 12.4. The van der Waals surface area contributed by atoms with Gasteiger partial charge in [0.2, 0.25) is 0 Å². The molecule has 6 nitrogen and oxygen atoms in total. The summed E-state index contributed by atoms with van der Waals surface area (Å²) in [6, 6.07) is 15.4. The summed E-state index contributed by atoms with van der Waals surface area (Å²) in [4.78, 5) is 19.1. The number of methoxy groups -OCH3 is 1. The normalized spacial score (nSPS) is 19.9. The second kappa shape index (κ2) is 11.0. The zero-order chi connectivity index (χ0) is 18.2. The topological polar surface area (TPSA) is 86.0 Å². The SMILES string of the molecule is COC1CN(CCSc2ccccn2)CCC1NC(=O)c1ccccc1.O. The van der Waals surface area contributed by atoms with Gasteiger partial charge in [-0.2, -0.15) is 0 Å². The van der Waals surface area contributed by atoms with Crippen molar-refractivity contribution in [3.05, 3.63) is 60.3 Å². The van der Waals surface area contributed by atoms with Crippen LogP contribution in [0.5, 0.6) is 0 Å². The van der Waals surface area contributed by atoms with Crippen LogP contribution < -0.4 is 5.32 Å². The molecule has 7 heteroatoms. The van der Waals surface area contributed by atoms with E-state index in [-0.39, 0.29) is 23.5 Å². The molecule has 1 saturated heterocycles. The Morgan fingerprint density at radius 1 is 1.26 bits per heavy atom. The summed E-state index contributed by atoms with van der Waals surface area (Å²) < 4.78 is 5.66. The number of rotatable bonds is 7. The molecule has 2 atom stereocenters. The van der Waals surface area contributed by atoms with E-state index in [0.717, 1.165) is 36.8 Å². The number of hydrogen-bond acceptors (Lipinski definition) is 5. The number of pyridine rings is 1. The van der Waals surface area contributed by atoms with E-state index in [4.69, 9.17) is 4.74 Å². The van der Waals surface area contributed by atoms with Gasteiger partial charge >= 0.3 is 0 Å². The number of hydrogen-bond donors (Lipinski definition) is 1. The summed E-state index contributed by atoms with van der Waals surface area (Å²) in [6.07, 6.45) is 2.73. The largest absolute Gasteiger partial charge is 0.412 e. The zero-order valence-corrected chi connectivity index (χ0v) is 16.3. The number of amides is 1. The van der Waals surface area contributed by atoms with Gasteiger partial charge in [-0.15, -0.1) is 11.8 Å². The zero-order valence-electron chi connectivity index (χ0n) is 15.5. The van der Waals surface area contributed by atoms with Gasteiger partial charge in [-0.1, -0.05) is 24.3 Å². The molecule has 0 radical (unpaired) electrons. The first-order valence-electron chi connectivity index (χ1n) is 8.91. The lowest BCUT2D eigenvalue weighted by molar-refractivity contribution is 0.00837. The smallest absolute Gasteiger partial charge is 0.251 e. The van der Waals surface area contributed by atoms with Gasteiger partial charge in [0, 0.05) is 44.3 Å². The Labute approximate surface area is 164 Å². The number of nitrogens with one attached hydrogen (secondary N) is 1. The fraction of sp³-hybridized carbons (Fsp3) is 0.400. The van der Waals surface area contributed by atoms with E-state index in [9.17, 15) is 4.79 Å². The maximum Gasteiger partial charge on any atom is 0.251 e. The fourth-order valence-corrected chi connectivity index (χ4v) is 4.01. The van der Waals surface area contributed by atoms with Crippen molar-refractivity contribution in [1.82, 2.24) is 15.2 Å². The Balaban J connectivity index is 0.00000261. The van der Waals surface area contributed by atoms with E-state index in [1.165, 1.54) is 0 Å². The Morgan fingerprint density at radius 3 is 2.74 bits per heavy atom. The Morgan fingerprint density at radius 2 is 2.04 bits per heavy atom. The van der Waals surface area contributed by atoms with E-state index in [1.807, 2.05) is 54.7 Å². The highest BCUT2D eigenvalue weighted by atomic mass is 32.2. The van der Waals surface area contributed by atoms with E-state index in [0.29, 0.717) is 5.56 Å². The molecule has 1 amide bonds. The van der Waals surface area contributed by atoms with Gasteiger partial charge in [0.1, 0.15) is 0 Å². The van der Waals surface area contributed by atoms with E-state index in [2.05, 4.69) is 15.2 Å². The number of likely N-dealkylation sites (tertiary alicyclic amines) is 1. The molecule has 0 bridgehead atoms. The molecule has 146 valence electrons. The second-order valence-electron chi connectivity index (χ2n) is 6.33. The molecule has 2 heterocycles. The summed E-state index contributed by atoms with van der Waals surface area (Å²) in [5.74, 6) is 0.964. The molecule has 1 fully saturated rings. The number of benzene rings is 1. The quantitative estimate of drug-likeness (QED) is 0.731. The number of thioether (sulfide) groups is 1. The van der Waals surface area contributed by atoms with Crippen molar-refractivity contribution in [1.29, 1.82) is 0 Å². The Hall–Kier alpha value is -1.93. The van der Waals surface area contributed by atoms with Gasteiger partial charge in [0.25, 0.3) is 5.91 Å². The lowest BCUT2D eigenvalue weighted by Gasteiger charge is -2.38. The standard InChI is InChI=1S/C20H25N3O2S.H2O/c1-25-18-15-23(13-14-26-19-9-5-6-11-21-19)12-10-17(18)22-20(24)16-7-3-2-4-8-16;/h2-9,11,17-18H,10,12-15H2,1H3,(H,22,24);1H2. The van der Waals surface area contributed by atoms with Crippen molar-refractivity contribution in [2.24, 2.45) is 0 Å². The minimum absolute atomic E-state index is 0. The van der Waals surface area contributed by atoms with Crippen molar-refractivity contribution in [2.45, 2.75) is 23.6 Å². The van der Waals surface area contributed by atoms with Crippen LogP contribution in [0.2, 0.25) is 0 Å². The molecule has 1 aliphatic rings. The van der Waals surface area contributed by atoms with Gasteiger partial charge < -0.3 is 15.5 Å². The van der Waals surface area contributed by atoms with Crippen LogP contribution in [0.3, 0.4) is 0 Å². The third kappa shape index (κ3) is 6.32. The molecule has 2 unspecified atom stereocenters. The maximum absolute atomic E-state index is 12.4. The molecule has 3 rings (SSSR count). The molecular weight excluding hydrogens is 362 g/mol. The highest BCUT2D eigenvalue weighted by Gasteiger charge is 2.30. The van der Waals surface area contributed by atoms with Crippen molar-refractivity contribution >= 4 is 17.7 Å². The lowest BCUT2D eigenvalue weighted by Crippen LogP contribution is -2.55. The molecule has 0 saturated carbocycles. The minimum Gasteiger partial charge on any atom is -0.412 e.